The first-order valence-corrected chi connectivity index (χ1v) is 35.4. The van der Waals surface area contributed by atoms with E-state index in [9.17, 15) is 0 Å². The molecule has 0 rings (SSSR count). The molecule has 0 bridgehead atoms. The van der Waals surface area contributed by atoms with E-state index in [4.69, 9.17) is 19.0 Å². The van der Waals surface area contributed by atoms with Crippen LogP contribution in [-0.2, 0) is 0 Å². The van der Waals surface area contributed by atoms with Crippen molar-refractivity contribution < 1.29 is 0 Å². The minimum atomic E-state index is -2.04. The second kappa shape index (κ2) is 19.1. The van der Waals surface area contributed by atoms with Crippen LogP contribution in [0, 0.1) is 0 Å². The molecule has 0 spiro atoms. The van der Waals surface area contributed by atoms with Crippen LogP contribution in [0.5, 0.6) is 0 Å². The van der Waals surface area contributed by atoms with Crippen molar-refractivity contribution in [2.24, 2.45) is 18.2 Å². The van der Waals surface area contributed by atoms with Gasteiger partial charge < -0.3 is 4.41 Å². The first-order valence-electron chi connectivity index (χ1n) is 22.1. The minimum absolute atomic E-state index is 0.0541. The summed E-state index contributed by atoms with van der Waals surface area (Å²) in [7, 11) is -9.11. The zero-order valence-corrected chi connectivity index (χ0v) is 52.0. The van der Waals surface area contributed by atoms with Gasteiger partial charge in [-0.15, -0.1) is 4.78 Å². The molecule has 0 aliphatic heterocycles. The lowest BCUT2D eigenvalue weighted by atomic mass is 10.2. The van der Waals surface area contributed by atoms with Gasteiger partial charge in [-0.2, -0.15) is 0 Å². The molecule has 0 aromatic carbocycles. The van der Waals surface area contributed by atoms with Crippen molar-refractivity contribution in [1.82, 2.24) is 0 Å². The highest BCUT2D eigenvalue weighted by atomic mass is 31.2. The first kappa shape index (κ1) is 63.2. The zero-order valence-electron chi connectivity index (χ0n) is 46.5. The van der Waals surface area contributed by atoms with Crippen molar-refractivity contribution in [2.75, 3.05) is 0 Å². The Morgan fingerprint density at radius 2 is 0.621 bits per heavy atom. The largest absolute Gasteiger partial charge is 0.317 e. The molecule has 0 atom stereocenters. The molecule has 0 aliphatic carbocycles. The Hall–Kier alpha value is 0.864. The third kappa shape index (κ3) is 15.8. The lowest BCUT2D eigenvalue weighted by Crippen LogP contribution is -2.40. The Kier molecular flexibility index (Phi) is 20.8. The van der Waals surface area contributed by atoms with Gasteiger partial charge in [0.2, 0.25) is 0 Å². The summed E-state index contributed by atoms with van der Waals surface area (Å²) in [6.07, 6.45) is 0. The van der Waals surface area contributed by atoms with Crippen LogP contribution >= 0.6 is 29.4 Å². The van der Waals surface area contributed by atoms with Gasteiger partial charge in [-0.05, 0) is 55.5 Å². The average molecular weight is 925 g/mol. The highest BCUT2D eigenvalue weighted by Crippen LogP contribution is 2.85. The van der Waals surface area contributed by atoms with Crippen molar-refractivity contribution in [1.29, 1.82) is 0 Å². The molecule has 0 unspecified atom stereocenters. The SMILES string of the molecule is CC(C)(C)P(=N[Si](C)(C)C)(N=P(C(C)(C)C)(C(C)(C)C)C(C)(C)C)C(C)(C)C.CC(C)(C)P(N=P(C(C)(C)C)(C(C)(C)C)C(C)(C)C)C(C)(C)C.C[Si](C)(C)N=[N+]=[N-]. The Bertz CT molecular complexity index is 1440. The van der Waals surface area contributed by atoms with Crippen LogP contribution in [0.3, 0.4) is 0 Å². The number of nitrogens with zero attached hydrogens (tertiary/aromatic N) is 6. The molecule has 350 valence electrons. The van der Waals surface area contributed by atoms with E-state index in [1.807, 2.05) is 19.6 Å². The maximum absolute atomic E-state index is 7.89. The summed E-state index contributed by atoms with van der Waals surface area (Å²) in [4.78, 5) is 2.69. The van der Waals surface area contributed by atoms with Crippen molar-refractivity contribution in [3.8, 4) is 0 Å². The standard InChI is InChI=1S/C23H54N2P2Si.C20H45NP2.C3H9N3Si/c1-19(2,3)26(20(4,5)6,21(7,8)9)24-27(22(10,11)12,23(13,14)15)25-28(16,17)18;1-16(2,3)22(17(4,5)6)21-23(18(7,8)9,19(10,11)12)20(13,14)15;1-7(2,3)6-5-4/h1-18H3;1-15H3;1-3H3. The van der Waals surface area contributed by atoms with E-state index < -0.39 is 45.9 Å². The molecule has 0 aromatic rings. The lowest BCUT2D eigenvalue weighted by Gasteiger charge is -2.58. The van der Waals surface area contributed by atoms with Crippen LogP contribution in [0.15, 0.2) is 18.2 Å². The molecule has 0 amide bonds. The predicted molar refractivity (Wildman–Crippen MR) is 288 cm³/mol. The summed E-state index contributed by atoms with van der Waals surface area (Å²) in [5.41, 5.74) is 7.89. The number of hydrogen-bond donors (Lipinski definition) is 0. The van der Waals surface area contributed by atoms with Crippen molar-refractivity contribution in [3.05, 3.63) is 10.4 Å². The molecule has 0 saturated heterocycles. The molecule has 58 heavy (non-hydrogen) atoms. The van der Waals surface area contributed by atoms with Gasteiger partial charge >= 0.3 is 0 Å². The Balaban J connectivity index is -0.000000905. The quantitative estimate of drug-likeness (QED) is 0.0884. The molecule has 0 heterocycles. The maximum atomic E-state index is 7.89. The van der Waals surface area contributed by atoms with E-state index in [1.165, 1.54) is 0 Å². The van der Waals surface area contributed by atoms with Crippen molar-refractivity contribution >= 4 is 45.9 Å². The van der Waals surface area contributed by atoms with E-state index >= 15 is 0 Å². The minimum Gasteiger partial charge on any atom is -0.317 e. The maximum Gasteiger partial charge on any atom is 0.172 e. The summed E-state index contributed by atoms with van der Waals surface area (Å²) in [5, 5.41) is 1.58. The Morgan fingerprint density at radius 3 is 0.741 bits per heavy atom. The van der Waals surface area contributed by atoms with Gasteiger partial charge in [0.15, 0.2) is 8.24 Å². The van der Waals surface area contributed by atoms with Gasteiger partial charge in [0.25, 0.3) is 0 Å². The molecule has 0 aliphatic rings. The molecule has 0 saturated carbocycles. The first-order chi connectivity index (χ1) is 24.3. The van der Waals surface area contributed by atoms with E-state index in [-0.39, 0.29) is 51.6 Å². The van der Waals surface area contributed by atoms with E-state index in [0.29, 0.717) is 0 Å². The molecule has 0 radical (unpaired) electrons. The van der Waals surface area contributed by atoms with Gasteiger partial charge in [0, 0.05) is 28.7 Å². The van der Waals surface area contributed by atoms with Crippen LogP contribution in [0.1, 0.15) is 208 Å². The fourth-order valence-corrected chi connectivity index (χ4v) is 46.7. The summed E-state index contributed by atoms with van der Waals surface area (Å²) >= 11 is 0. The summed E-state index contributed by atoms with van der Waals surface area (Å²) in [5.74, 6) is 0. The number of rotatable bonds is 4. The fraction of sp³-hybridized carbons (Fsp3) is 1.00. The summed E-state index contributed by atoms with van der Waals surface area (Å²) in [6, 6.07) is 0. The average Bonchev–Trinajstić information content (AvgIpc) is 2.77. The number of hydrogen-bond acceptors (Lipinski definition) is 3. The predicted octanol–water partition coefficient (Wildman–Crippen LogP) is 20.8. The normalized spacial score (nSPS) is 15.4. The van der Waals surface area contributed by atoms with Gasteiger partial charge in [0.05, 0.1) is 7.21 Å². The highest BCUT2D eigenvalue weighted by molar-refractivity contribution is 7.81. The second-order valence-corrected chi connectivity index (χ2v) is 57.6. The van der Waals surface area contributed by atoms with Crippen LogP contribution in [0.4, 0.5) is 0 Å². The Morgan fingerprint density at radius 1 is 0.379 bits per heavy atom. The smallest absolute Gasteiger partial charge is 0.172 e. The fourth-order valence-electron chi connectivity index (χ4n) is 10.6. The lowest BCUT2D eigenvalue weighted by molar-refractivity contribution is 0.627. The monoisotopic (exact) mass is 925 g/mol. The van der Waals surface area contributed by atoms with Crippen LogP contribution in [0.2, 0.25) is 39.3 Å². The van der Waals surface area contributed by atoms with Crippen molar-refractivity contribution in [2.45, 2.75) is 299 Å². The molecule has 0 fully saturated rings. The Labute approximate surface area is 371 Å². The molecule has 0 N–H and O–H groups in total. The van der Waals surface area contributed by atoms with Gasteiger partial charge in [-0.3, -0.25) is 9.03 Å². The second-order valence-electron chi connectivity index (χ2n) is 28.7. The van der Waals surface area contributed by atoms with Gasteiger partial charge in [-0.1, -0.05) is 247 Å². The van der Waals surface area contributed by atoms with Crippen LogP contribution in [-0.4, -0.2) is 68.0 Å². The van der Waals surface area contributed by atoms with E-state index in [2.05, 4.69) is 237 Å². The molecule has 12 heteroatoms. The summed E-state index contributed by atoms with van der Waals surface area (Å²) < 4.78 is 21.6. The third-order valence-electron chi connectivity index (χ3n) is 10.2. The van der Waals surface area contributed by atoms with Crippen LogP contribution in [0.25, 0.3) is 10.4 Å². The topological polar surface area (TPSA) is 85.8 Å². The van der Waals surface area contributed by atoms with Crippen molar-refractivity contribution in [3.63, 3.8) is 0 Å². The molecular weight excluding hydrogens is 817 g/mol. The molecule has 0 aromatic heterocycles. The van der Waals surface area contributed by atoms with E-state index in [0.717, 1.165) is 0 Å². The van der Waals surface area contributed by atoms with Crippen LogP contribution < -0.4 is 0 Å². The number of azide groups is 1. The van der Waals surface area contributed by atoms with E-state index in [1.54, 1.807) is 0 Å². The zero-order chi connectivity index (χ0) is 48.6. The third-order valence-corrected chi connectivity index (χ3v) is 36.3. The highest BCUT2D eigenvalue weighted by Gasteiger charge is 2.56. The summed E-state index contributed by atoms with van der Waals surface area (Å²) in [6.45, 7) is 85.7. The van der Waals surface area contributed by atoms with Gasteiger partial charge in [-0.25, -0.2) is 0 Å². The van der Waals surface area contributed by atoms with Gasteiger partial charge in [0.1, 0.15) is 8.24 Å². The molecule has 6 nitrogen and oxygen atoms in total. The molecular formula is C46H108N6P4Si2.